The Labute approximate surface area is 126 Å². The minimum atomic E-state index is -3.28. The van der Waals surface area contributed by atoms with E-state index in [0.29, 0.717) is 26.2 Å². The number of hydrogen-bond acceptors (Lipinski definition) is 4. The second-order valence-electron chi connectivity index (χ2n) is 5.15. The molecular weight excluding hydrogens is 290 g/mol. The number of rotatable bonds is 6. The average Bonchev–Trinajstić information content (AvgIpc) is 2.48. The van der Waals surface area contributed by atoms with E-state index in [1.165, 1.54) is 0 Å². The van der Waals surface area contributed by atoms with Crippen LogP contribution in [0, 0.1) is 0 Å². The van der Waals surface area contributed by atoms with Crippen molar-refractivity contribution in [2.24, 2.45) is 0 Å². The lowest BCUT2D eigenvalue weighted by molar-refractivity contribution is -0.0745. The Hall–Kier alpha value is -0.950. The number of hydrogen-bond donors (Lipinski definition) is 0. The Bertz CT molecular complexity index is 530. The molecule has 1 aliphatic rings. The molecule has 0 unspecified atom stereocenters. The maximum Gasteiger partial charge on any atom is 0.214 e. The van der Waals surface area contributed by atoms with Crippen LogP contribution >= 0.6 is 0 Å². The molecule has 0 aromatic heterocycles. The van der Waals surface area contributed by atoms with Crippen LogP contribution in [-0.4, -0.2) is 51.4 Å². The zero-order chi connectivity index (χ0) is 15.3. The van der Waals surface area contributed by atoms with Crippen LogP contribution in [0.3, 0.4) is 0 Å². The van der Waals surface area contributed by atoms with Gasteiger partial charge in [-0.2, -0.15) is 4.31 Å². The Morgan fingerprint density at radius 3 is 2.67 bits per heavy atom. The molecule has 0 bridgehead atoms. The Morgan fingerprint density at radius 2 is 2.05 bits per heavy atom. The molecule has 5 nitrogen and oxygen atoms in total. The van der Waals surface area contributed by atoms with Gasteiger partial charge in [0.25, 0.3) is 0 Å². The first-order valence-electron chi connectivity index (χ1n) is 7.25. The molecule has 6 heteroatoms. The van der Waals surface area contributed by atoms with E-state index in [9.17, 15) is 8.42 Å². The molecule has 1 saturated heterocycles. The van der Waals surface area contributed by atoms with E-state index in [1.54, 1.807) is 11.4 Å². The van der Waals surface area contributed by atoms with Crippen LogP contribution in [0.15, 0.2) is 30.3 Å². The molecule has 1 aromatic carbocycles. The summed E-state index contributed by atoms with van der Waals surface area (Å²) in [6, 6.07) is 9.31. The molecule has 0 N–H and O–H groups in total. The molecule has 1 aliphatic heterocycles. The van der Waals surface area contributed by atoms with Gasteiger partial charge in [0, 0.05) is 13.7 Å². The first-order chi connectivity index (χ1) is 10.1. The van der Waals surface area contributed by atoms with Crippen LogP contribution in [0.5, 0.6) is 0 Å². The number of methoxy groups -OCH3 is 1. The molecule has 2 rings (SSSR count). The minimum Gasteiger partial charge on any atom is -0.382 e. The molecule has 21 heavy (non-hydrogen) atoms. The Balaban J connectivity index is 2.37. The van der Waals surface area contributed by atoms with Crippen molar-refractivity contribution in [2.45, 2.75) is 25.5 Å². The second-order valence-corrected chi connectivity index (χ2v) is 7.19. The largest absolute Gasteiger partial charge is 0.382 e. The van der Waals surface area contributed by atoms with Crippen molar-refractivity contribution in [3.8, 4) is 0 Å². The van der Waals surface area contributed by atoms with Gasteiger partial charge < -0.3 is 9.47 Å². The van der Waals surface area contributed by atoms with E-state index in [4.69, 9.17) is 9.47 Å². The van der Waals surface area contributed by atoms with E-state index in [0.717, 1.165) is 5.56 Å². The summed E-state index contributed by atoms with van der Waals surface area (Å²) < 4.78 is 37.6. The molecule has 2 atom stereocenters. The smallest absolute Gasteiger partial charge is 0.214 e. The van der Waals surface area contributed by atoms with Gasteiger partial charge in [-0.05, 0) is 12.0 Å². The topological polar surface area (TPSA) is 55.8 Å². The van der Waals surface area contributed by atoms with Gasteiger partial charge in [0.2, 0.25) is 10.0 Å². The van der Waals surface area contributed by atoms with Crippen LogP contribution in [0.2, 0.25) is 0 Å². The molecule has 0 spiro atoms. The lowest BCUT2D eigenvalue weighted by Crippen LogP contribution is -2.50. The third-order valence-electron chi connectivity index (χ3n) is 3.60. The fourth-order valence-electron chi connectivity index (χ4n) is 2.73. The van der Waals surface area contributed by atoms with E-state index in [2.05, 4.69) is 0 Å². The van der Waals surface area contributed by atoms with Gasteiger partial charge in [0.05, 0.1) is 25.0 Å². The fraction of sp³-hybridized carbons (Fsp3) is 0.600. The molecule has 0 radical (unpaired) electrons. The summed E-state index contributed by atoms with van der Waals surface area (Å²) in [6.07, 6.45) is 0.327. The highest BCUT2D eigenvalue weighted by atomic mass is 32.2. The third-order valence-corrected chi connectivity index (χ3v) is 5.65. The highest BCUT2D eigenvalue weighted by Crippen LogP contribution is 2.32. The van der Waals surface area contributed by atoms with Crippen molar-refractivity contribution < 1.29 is 17.9 Å². The average molecular weight is 313 g/mol. The van der Waals surface area contributed by atoms with Gasteiger partial charge in [-0.25, -0.2) is 8.42 Å². The van der Waals surface area contributed by atoms with Crippen LogP contribution < -0.4 is 0 Å². The van der Waals surface area contributed by atoms with Crippen LogP contribution in [0.25, 0.3) is 0 Å². The molecule has 0 saturated carbocycles. The van der Waals surface area contributed by atoms with E-state index in [1.807, 2.05) is 37.3 Å². The van der Waals surface area contributed by atoms with Crippen molar-refractivity contribution in [3.05, 3.63) is 35.9 Å². The van der Waals surface area contributed by atoms with E-state index in [-0.39, 0.29) is 17.9 Å². The van der Waals surface area contributed by atoms with Gasteiger partial charge in [0.1, 0.15) is 6.10 Å². The first kappa shape index (κ1) is 16.4. The third kappa shape index (κ3) is 3.83. The van der Waals surface area contributed by atoms with Gasteiger partial charge in [-0.1, -0.05) is 37.3 Å². The van der Waals surface area contributed by atoms with Gasteiger partial charge in [-0.3, -0.25) is 0 Å². The quantitative estimate of drug-likeness (QED) is 0.804. The fourth-order valence-corrected chi connectivity index (χ4v) is 4.44. The maximum atomic E-state index is 12.5. The Kier molecular flexibility index (Phi) is 5.75. The number of nitrogens with zero attached hydrogens (tertiary/aromatic N) is 1. The summed E-state index contributed by atoms with van der Waals surface area (Å²) in [7, 11) is -1.68. The van der Waals surface area contributed by atoms with E-state index >= 15 is 0 Å². The monoisotopic (exact) mass is 313 g/mol. The SMILES string of the molecule is CCCS(=O)(=O)N1CCO[C@@H](COC)[C@@H]1c1ccccc1. The van der Waals surface area contributed by atoms with Crippen LogP contribution in [0.4, 0.5) is 0 Å². The Morgan fingerprint density at radius 1 is 1.33 bits per heavy atom. The number of morpholine rings is 1. The zero-order valence-corrected chi connectivity index (χ0v) is 13.4. The summed E-state index contributed by atoms with van der Waals surface area (Å²) >= 11 is 0. The normalized spacial score (nSPS) is 24.1. The molecule has 0 amide bonds. The molecule has 1 heterocycles. The summed E-state index contributed by atoms with van der Waals surface area (Å²) in [4.78, 5) is 0. The number of ether oxygens (including phenoxy) is 2. The van der Waals surface area contributed by atoms with Crippen molar-refractivity contribution in [2.75, 3.05) is 32.6 Å². The molecular formula is C15H23NO4S. The zero-order valence-electron chi connectivity index (χ0n) is 12.6. The van der Waals surface area contributed by atoms with Crippen molar-refractivity contribution >= 4 is 10.0 Å². The summed E-state index contributed by atoms with van der Waals surface area (Å²) in [5.74, 6) is 0.163. The van der Waals surface area contributed by atoms with Gasteiger partial charge >= 0.3 is 0 Å². The second kappa shape index (κ2) is 7.35. The highest BCUT2D eigenvalue weighted by molar-refractivity contribution is 7.89. The molecule has 0 aliphatic carbocycles. The van der Waals surface area contributed by atoms with Crippen molar-refractivity contribution in [1.82, 2.24) is 4.31 Å². The first-order valence-corrected chi connectivity index (χ1v) is 8.86. The maximum absolute atomic E-state index is 12.5. The lowest BCUT2D eigenvalue weighted by atomic mass is 10.0. The highest BCUT2D eigenvalue weighted by Gasteiger charge is 2.39. The van der Waals surface area contributed by atoms with E-state index < -0.39 is 10.0 Å². The number of benzene rings is 1. The summed E-state index contributed by atoms with van der Waals surface area (Å²) in [6.45, 7) is 3.04. The predicted octanol–water partition coefficient (Wildman–Crippen LogP) is 1.81. The minimum absolute atomic E-state index is 0.163. The van der Waals surface area contributed by atoms with Gasteiger partial charge in [-0.15, -0.1) is 0 Å². The van der Waals surface area contributed by atoms with Crippen molar-refractivity contribution in [1.29, 1.82) is 0 Å². The molecule has 118 valence electrons. The van der Waals surface area contributed by atoms with Gasteiger partial charge in [0.15, 0.2) is 0 Å². The summed E-state index contributed by atoms with van der Waals surface area (Å²) in [5, 5.41) is 0. The summed E-state index contributed by atoms with van der Waals surface area (Å²) in [5.41, 5.74) is 0.943. The van der Waals surface area contributed by atoms with Crippen molar-refractivity contribution in [3.63, 3.8) is 0 Å². The predicted molar refractivity (Wildman–Crippen MR) is 81.6 cm³/mol. The standard InChI is InChI=1S/C15H23NO4S/c1-3-11-21(17,18)16-9-10-20-14(12-19-2)15(16)13-7-5-4-6-8-13/h4-8,14-15H,3,9-12H2,1-2H3/t14-,15-/m0/s1. The molecule has 1 fully saturated rings. The molecule has 1 aromatic rings. The lowest BCUT2D eigenvalue weighted by Gasteiger charge is -2.40. The van der Waals surface area contributed by atoms with Crippen LogP contribution in [-0.2, 0) is 19.5 Å². The van der Waals surface area contributed by atoms with Crippen LogP contribution in [0.1, 0.15) is 24.9 Å². The number of sulfonamides is 1.